The Morgan fingerprint density at radius 2 is 2.08 bits per heavy atom. The third-order valence-corrected chi connectivity index (χ3v) is 2.02. The number of rotatable bonds is 1. The zero-order valence-corrected chi connectivity index (χ0v) is 8.15. The van der Waals surface area contributed by atoms with Crippen LogP contribution in [0.3, 0.4) is 0 Å². The number of phenolic OH excluding ortho intramolecular Hbond substituents is 1. The van der Waals surface area contributed by atoms with Gasteiger partial charge in [0.05, 0.1) is 0 Å². The van der Waals surface area contributed by atoms with Crippen LogP contribution in [0.5, 0.6) is 5.75 Å². The summed E-state index contributed by atoms with van der Waals surface area (Å²) in [6.07, 6.45) is 1.49. The van der Waals surface area contributed by atoms with E-state index in [1.165, 1.54) is 6.26 Å². The summed E-state index contributed by atoms with van der Waals surface area (Å²) in [5.74, 6) is 0.198. The fourth-order valence-electron chi connectivity index (χ4n) is 1.07. The molecule has 0 saturated carbocycles. The summed E-state index contributed by atoms with van der Waals surface area (Å²) < 4.78 is 4.97. The van der Waals surface area contributed by atoms with Crippen LogP contribution in [-0.4, -0.2) is 10.1 Å². The summed E-state index contributed by atoms with van der Waals surface area (Å²) in [6.45, 7) is 0. The molecular formula is C9H6BrNO2. The van der Waals surface area contributed by atoms with Crippen LogP contribution in [0.15, 0.2) is 39.7 Å². The van der Waals surface area contributed by atoms with E-state index in [9.17, 15) is 5.11 Å². The van der Waals surface area contributed by atoms with Crippen molar-refractivity contribution in [2.24, 2.45) is 0 Å². The van der Waals surface area contributed by atoms with Crippen molar-refractivity contribution in [2.45, 2.75) is 0 Å². The number of aromatic hydroxyl groups is 1. The first kappa shape index (κ1) is 8.31. The lowest BCUT2D eigenvalue weighted by atomic mass is 10.1. The number of hydrogen-bond acceptors (Lipinski definition) is 3. The molecular weight excluding hydrogens is 234 g/mol. The average Bonchev–Trinajstić information content (AvgIpc) is 2.53. The molecule has 2 aromatic rings. The number of para-hydroxylation sites is 1. The Morgan fingerprint density at radius 1 is 1.31 bits per heavy atom. The van der Waals surface area contributed by atoms with Gasteiger partial charge in [-0.1, -0.05) is 12.1 Å². The van der Waals surface area contributed by atoms with Crippen molar-refractivity contribution in [1.82, 2.24) is 4.98 Å². The van der Waals surface area contributed by atoms with Gasteiger partial charge in [-0.3, -0.25) is 0 Å². The van der Waals surface area contributed by atoms with E-state index in [0.717, 1.165) is 0 Å². The van der Waals surface area contributed by atoms with E-state index >= 15 is 0 Å². The highest BCUT2D eigenvalue weighted by Crippen LogP contribution is 2.28. The molecule has 0 atom stereocenters. The van der Waals surface area contributed by atoms with Crippen LogP contribution in [0.4, 0.5) is 0 Å². The maximum Gasteiger partial charge on any atom is 0.264 e. The third-order valence-electron chi connectivity index (χ3n) is 1.66. The Bertz CT molecular complexity index is 425. The monoisotopic (exact) mass is 239 g/mol. The normalized spacial score (nSPS) is 10.2. The molecule has 66 valence electrons. The topological polar surface area (TPSA) is 46.3 Å². The second-order valence-corrected chi connectivity index (χ2v) is 3.18. The van der Waals surface area contributed by atoms with Gasteiger partial charge in [0.2, 0.25) is 0 Å². The van der Waals surface area contributed by atoms with Crippen LogP contribution in [0.1, 0.15) is 0 Å². The zero-order chi connectivity index (χ0) is 9.26. The second-order valence-electron chi connectivity index (χ2n) is 2.50. The number of hydrogen-bond donors (Lipinski definition) is 1. The minimum absolute atomic E-state index is 0.198. The van der Waals surface area contributed by atoms with Gasteiger partial charge in [-0.25, -0.2) is 4.98 Å². The summed E-state index contributed by atoms with van der Waals surface area (Å²) >= 11 is 3.09. The van der Waals surface area contributed by atoms with Gasteiger partial charge in [-0.2, -0.15) is 0 Å². The van der Waals surface area contributed by atoms with Gasteiger partial charge < -0.3 is 9.52 Å². The lowest BCUT2D eigenvalue weighted by Gasteiger charge is -1.97. The second kappa shape index (κ2) is 3.22. The predicted molar refractivity (Wildman–Crippen MR) is 51.3 cm³/mol. The Balaban J connectivity index is 2.52. The molecule has 1 N–H and O–H groups in total. The quantitative estimate of drug-likeness (QED) is 0.833. The fraction of sp³-hybridized carbons (Fsp3) is 0. The van der Waals surface area contributed by atoms with E-state index in [1.54, 1.807) is 18.2 Å². The molecule has 0 radical (unpaired) electrons. The van der Waals surface area contributed by atoms with Crippen LogP contribution < -0.4 is 0 Å². The van der Waals surface area contributed by atoms with E-state index in [1.807, 2.05) is 6.07 Å². The maximum absolute atomic E-state index is 9.48. The van der Waals surface area contributed by atoms with Gasteiger partial charge in [0.1, 0.15) is 17.7 Å². The molecule has 0 bridgehead atoms. The highest BCUT2D eigenvalue weighted by Gasteiger charge is 2.07. The minimum Gasteiger partial charge on any atom is -0.507 e. The summed E-state index contributed by atoms with van der Waals surface area (Å²) in [5, 5.41) is 9.48. The zero-order valence-electron chi connectivity index (χ0n) is 6.57. The van der Waals surface area contributed by atoms with Gasteiger partial charge >= 0.3 is 0 Å². The summed E-state index contributed by atoms with van der Waals surface area (Å²) in [4.78, 5) is 4.44. The molecule has 13 heavy (non-hydrogen) atoms. The van der Waals surface area contributed by atoms with Crippen LogP contribution in [0.25, 0.3) is 11.3 Å². The highest BCUT2D eigenvalue weighted by molar-refractivity contribution is 9.10. The molecule has 1 aromatic heterocycles. The van der Waals surface area contributed by atoms with Gasteiger partial charge in [0, 0.05) is 21.5 Å². The molecule has 0 unspecified atom stereocenters. The third kappa shape index (κ3) is 1.58. The molecule has 0 saturated heterocycles. The lowest BCUT2D eigenvalue weighted by Crippen LogP contribution is -1.77. The minimum atomic E-state index is 0.198. The summed E-state index contributed by atoms with van der Waals surface area (Å²) in [7, 11) is 0. The fourth-order valence-corrected chi connectivity index (χ4v) is 1.35. The van der Waals surface area contributed by atoms with Crippen LogP contribution >= 0.6 is 15.9 Å². The molecule has 0 aliphatic rings. The van der Waals surface area contributed by atoms with E-state index in [4.69, 9.17) is 4.42 Å². The van der Waals surface area contributed by atoms with Crippen molar-refractivity contribution in [3.63, 3.8) is 0 Å². The van der Waals surface area contributed by atoms with Crippen LogP contribution in [0, 0.1) is 0 Å². The van der Waals surface area contributed by atoms with E-state index < -0.39 is 0 Å². The molecule has 0 spiro atoms. The molecule has 0 fully saturated rings. The number of halogens is 1. The van der Waals surface area contributed by atoms with E-state index in [-0.39, 0.29) is 5.75 Å². The number of nitrogens with zero attached hydrogens (tertiary/aromatic N) is 1. The van der Waals surface area contributed by atoms with Crippen LogP contribution in [0.2, 0.25) is 0 Å². The largest absolute Gasteiger partial charge is 0.507 e. The number of oxazole rings is 1. The van der Waals surface area contributed by atoms with Gasteiger partial charge in [-0.15, -0.1) is 0 Å². The summed E-state index contributed by atoms with van der Waals surface area (Å²) in [5.41, 5.74) is 1.28. The maximum atomic E-state index is 9.48. The lowest BCUT2D eigenvalue weighted by molar-refractivity contribution is 0.477. The number of benzene rings is 1. The van der Waals surface area contributed by atoms with Crippen molar-refractivity contribution in [1.29, 1.82) is 0 Å². The van der Waals surface area contributed by atoms with Crippen molar-refractivity contribution in [3.05, 3.63) is 35.3 Å². The molecule has 0 aliphatic carbocycles. The van der Waals surface area contributed by atoms with E-state index in [2.05, 4.69) is 20.9 Å². The highest BCUT2D eigenvalue weighted by atomic mass is 79.9. The van der Waals surface area contributed by atoms with Crippen LogP contribution in [-0.2, 0) is 0 Å². The van der Waals surface area contributed by atoms with Crippen molar-refractivity contribution < 1.29 is 9.52 Å². The predicted octanol–water partition coefficient (Wildman–Crippen LogP) is 2.81. The molecule has 4 heteroatoms. The van der Waals surface area contributed by atoms with Gasteiger partial charge in [0.25, 0.3) is 4.80 Å². The number of aromatic nitrogens is 1. The van der Waals surface area contributed by atoms with Crippen molar-refractivity contribution in [3.8, 4) is 17.0 Å². The molecule has 3 nitrogen and oxygen atoms in total. The van der Waals surface area contributed by atoms with Gasteiger partial charge in [-0.05, 0) is 12.1 Å². The molecule has 1 aromatic carbocycles. The molecule has 1 heterocycles. The van der Waals surface area contributed by atoms with Crippen molar-refractivity contribution >= 4 is 15.9 Å². The first-order valence-electron chi connectivity index (χ1n) is 3.67. The first-order valence-corrected chi connectivity index (χ1v) is 4.46. The Labute approximate surface area is 83.2 Å². The standard InChI is InChI=1S/C9H6BrNO2/c10-9-11-7(5-13-9)6-3-1-2-4-8(6)12/h1-5,12H. The van der Waals surface area contributed by atoms with E-state index in [0.29, 0.717) is 16.1 Å². The Hall–Kier alpha value is -1.29. The van der Waals surface area contributed by atoms with Gasteiger partial charge in [0.15, 0.2) is 0 Å². The SMILES string of the molecule is Oc1ccccc1-c1coc(Br)n1. The molecule has 2 rings (SSSR count). The van der Waals surface area contributed by atoms with Crippen molar-refractivity contribution in [2.75, 3.05) is 0 Å². The Morgan fingerprint density at radius 3 is 2.69 bits per heavy atom. The molecule has 0 aliphatic heterocycles. The number of phenols is 1. The first-order chi connectivity index (χ1) is 6.27. The smallest absolute Gasteiger partial charge is 0.264 e. The Kier molecular flexibility index (Phi) is 2.06. The summed E-state index contributed by atoms with van der Waals surface area (Å²) in [6, 6.07) is 6.98. The molecule has 0 amide bonds. The average molecular weight is 240 g/mol.